The minimum absolute atomic E-state index is 0.0407. The van der Waals surface area contributed by atoms with Crippen molar-refractivity contribution in [1.29, 1.82) is 0 Å². The average Bonchev–Trinajstić information content (AvgIpc) is 2.09. The molecule has 1 aromatic carbocycles. The van der Waals surface area contributed by atoms with Crippen LogP contribution in [-0.2, 0) is 5.72 Å². The molecule has 1 atom stereocenters. The number of phenolic OH excluding ortho intramolecular Hbond substituents is 1. The molecule has 4 heteroatoms. The standard InChI is InChI=1S/C9H14N2O2/c1-2-9(11,13)7-5-6(10)3-4-8(7)12/h3-5,12-13H,2,10-11H2,1H3/t9-/m0/s1. The summed E-state index contributed by atoms with van der Waals surface area (Å²) in [6.07, 6.45) is 0.310. The third-order valence-electron chi connectivity index (χ3n) is 2.03. The maximum Gasteiger partial charge on any atom is 0.143 e. The van der Waals surface area contributed by atoms with Crippen molar-refractivity contribution in [2.24, 2.45) is 5.73 Å². The zero-order valence-corrected chi connectivity index (χ0v) is 7.49. The first kappa shape index (κ1) is 9.83. The number of aromatic hydroxyl groups is 1. The number of benzene rings is 1. The smallest absolute Gasteiger partial charge is 0.143 e. The fourth-order valence-corrected chi connectivity index (χ4v) is 1.09. The molecular formula is C9H14N2O2. The fourth-order valence-electron chi connectivity index (χ4n) is 1.09. The van der Waals surface area contributed by atoms with Crippen LogP contribution >= 0.6 is 0 Å². The molecule has 0 aliphatic carbocycles. The van der Waals surface area contributed by atoms with Gasteiger partial charge in [-0.2, -0.15) is 0 Å². The van der Waals surface area contributed by atoms with Gasteiger partial charge in [-0.15, -0.1) is 0 Å². The van der Waals surface area contributed by atoms with Crippen LogP contribution in [0, 0.1) is 0 Å². The normalized spacial score (nSPS) is 15.3. The SMILES string of the molecule is CC[C@](N)(O)c1cc(N)ccc1O. The van der Waals surface area contributed by atoms with Crippen LogP contribution in [-0.4, -0.2) is 10.2 Å². The van der Waals surface area contributed by atoms with E-state index in [0.717, 1.165) is 0 Å². The molecule has 13 heavy (non-hydrogen) atoms. The summed E-state index contributed by atoms with van der Waals surface area (Å²) in [6, 6.07) is 4.43. The third kappa shape index (κ3) is 1.91. The van der Waals surface area contributed by atoms with Gasteiger partial charge in [-0.3, -0.25) is 5.73 Å². The van der Waals surface area contributed by atoms with Gasteiger partial charge in [0.25, 0.3) is 0 Å². The lowest BCUT2D eigenvalue weighted by molar-refractivity contribution is 0.0372. The quantitative estimate of drug-likeness (QED) is 0.304. The molecule has 0 spiro atoms. The Morgan fingerprint density at radius 3 is 2.62 bits per heavy atom. The molecular weight excluding hydrogens is 168 g/mol. The van der Waals surface area contributed by atoms with Crippen molar-refractivity contribution in [3.8, 4) is 5.75 Å². The second-order valence-corrected chi connectivity index (χ2v) is 3.05. The van der Waals surface area contributed by atoms with Gasteiger partial charge in [-0.05, 0) is 24.6 Å². The highest BCUT2D eigenvalue weighted by Gasteiger charge is 2.24. The Hall–Kier alpha value is -1.26. The van der Waals surface area contributed by atoms with E-state index in [2.05, 4.69) is 0 Å². The zero-order valence-electron chi connectivity index (χ0n) is 7.49. The Balaban J connectivity index is 3.20. The van der Waals surface area contributed by atoms with Crippen molar-refractivity contribution < 1.29 is 10.2 Å². The molecule has 0 fully saturated rings. The van der Waals surface area contributed by atoms with E-state index in [1.807, 2.05) is 0 Å². The van der Waals surface area contributed by atoms with Crippen LogP contribution in [0.4, 0.5) is 5.69 Å². The Labute approximate surface area is 76.8 Å². The summed E-state index contributed by atoms with van der Waals surface area (Å²) < 4.78 is 0. The molecule has 0 heterocycles. The summed E-state index contributed by atoms with van der Waals surface area (Å²) in [6.45, 7) is 1.72. The first-order valence-corrected chi connectivity index (χ1v) is 4.07. The zero-order chi connectivity index (χ0) is 10.1. The van der Waals surface area contributed by atoms with Crippen molar-refractivity contribution in [3.63, 3.8) is 0 Å². The van der Waals surface area contributed by atoms with Crippen LogP contribution in [0.2, 0.25) is 0 Å². The van der Waals surface area contributed by atoms with E-state index in [4.69, 9.17) is 11.5 Å². The molecule has 6 N–H and O–H groups in total. The van der Waals surface area contributed by atoms with Gasteiger partial charge in [0.05, 0.1) is 0 Å². The summed E-state index contributed by atoms with van der Waals surface area (Å²) in [5.74, 6) is -0.0407. The Morgan fingerprint density at radius 2 is 2.08 bits per heavy atom. The molecule has 0 unspecified atom stereocenters. The second kappa shape index (κ2) is 3.24. The van der Waals surface area contributed by atoms with E-state index in [0.29, 0.717) is 12.1 Å². The molecule has 4 nitrogen and oxygen atoms in total. The number of rotatable bonds is 2. The minimum Gasteiger partial charge on any atom is -0.508 e. The second-order valence-electron chi connectivity index (χ2n) is 3.05. The first-order valence-electron chi connectivity index (χ1n) is 4.07. The van der Waals surface area contributed by atoms with E-state index in [9.17, 15) is 10.2 Å². The number of hydrogen-bond acceptors (Lipinski definition) is 4. The predicted octanol–water partition coefficient (Wildman–Crippen LogP) is 0.488. The van der Waals surface area contributed by atoms with E-state index < -0.39 is 5.72 Å². The molecule has 72 valence electrons. The number of anilines is 1. The van der Waals surface area contributed by atoms with Crippen LogP contribution < -0.4 is 11.5 Å². The van der Waals surface area contributed by atoms with Gasteiger partial charge in [0.15, 0.2) is 0 Å². The number of nitrogen functional groups attached to an aromatic ring is 1. The van der Waals surface area contributed by atoms with Gasteiger partial charge < -0.3 is 15.9 Å². The van der Waals surface area contributed by atoms with Gasteiger partial charge in [0.2, 0.25) is 0 Å². The lowest BCUT2D eigenvalue weighted by atomic mass is 9.99. The highest BCUT2D eigenvalue weighted by atomic mass is 16.3. The third-order valence-corrected chi connectivity index (χ3v) is 2.03. The Bertz CT molecular complexity index is 310. The van der Waals surface area contributed by atoms with E-state index in [1.54, 1.807) is 13.0 Å². The van der Waals surface area contributed by atoms with E-state index >= 15 is 0 Å². The highest BCUT2D eigenvalue weighted by molar-refractivity contribution is 5.49. The van der Waals surface area contributed by atoms with Crippen molar-refractivity contribution in [1.82, 2.24) is 0 Å². The van der Waals surface area contributed by atoms with Crippen LogP contribution in [0.25, 0.3) is 0 Å². The maximum absolute atomic E-state index is 9.66. The molecule has 0 saturated carbocycles. The molecule has 0 aromatic heterocycles. The van der Waals surface area contributed by atoms with Crippen LogP contribution in [0.5, 0.6) is 5.75 Å². The monoisotopic (exact) mass is 182 g/mol. The Morgan fingerprint density at radius 1 is 1.46 bits per heavy atom. The largest absolute Gasteiger partial charge is 0.508 e. The van der Waals surface area contributed by atoms with Crippen LogP contribution in [0.1, 0.15) is 18.9 Å². The van der Waals surface area contributed by atoms with Gasteiger partial charge in [0, 0.05) is 11.3 Å². The van der Waals surface area contributed by atoms with Gasteiger partial charge >= 0.3 is 0 Å². The Kier molecular flexibility index (Phi) is 2.45. The van der Waals surface area contributed by atoms with E-state index in [1.165, 1.54) is 12.1 Å². The lowest BCUT2D eigenvalue weighted by Crippen LogP contribution is -2.35. The topological polar surface area (TPSA) is 92.5 Å². The van der Waals surface area contributed by atoms with Crippen molar-refractivity contribution in [2.45, 2.75) is 19.1 Å². The lowest BCUT2D eigenvalue weighted by Gasteiger charge is -2.22. The van der Waals surface area contributed by atoms with Crippen LogP contribution in [0.15, 0.2) is 18.2 Å². The molecule has 1 rings (SSSR count). The maximum atomic E-state index is 9.66. The summed E-state index contributed by atoms with van der Waals surface area (Å²) in [4.78, 5) is 0. The number of aliphatic hydroxyl groups is 1. The highest BCUT2D eigenvalue weighted by Crippen LogP contribution is 2.29. The molecule has 0 bridgehead atoms. The average molecular weight is 182 g/mol. The summed E-state index contributed by atoms with van der Waals surface area (Å²) in [7, 11) is 0. The number of hydrogen-bond donors (Lipinski definition) is 4. The number of nitrogens with two attached hydrogens (primary N) is 2. The van der Waals surface area contributed by atoms with E-state index in [-0.39, 0.29) is 11.3 Å². The molecule has 0 saturated heterocycles. The van der Waals surface area contributed by atoms with Gasteiger partial charge in [-0.1, -0.05) is 6.92 Å². The molecule has 0 amide bonds. The van der Waals surface area contributed by atoms with Gasteiger partial charge in [-0.25, -0.2) is 0 Å². The van der Waals surface area contributed by atoms with Crippen molar-refractivity contribution >= 4 is 5.69 Å². The van der Waals surface area contributed by atoms with Crippen molar-refractivity contribution in [2.75, 3.05) is 5.73 Å². The molecule has 1 aromatic rings. The summed E-state index contributed by atoms with van der Waals surface area (Å²) >= 11 is 0. The summed E-state index contributed by atoms with van der Waals surface area (Å²) in [5.41, 5.74) is 10.3. The molecule has 0 aliphatic rings. The predicted molar refractivity (Wildman–Crippen MR) is 50.9 cm³/mol. The van der Waals surface area contributed by atoms with Crippen molar-refractivity contribution in [3.05, 3.63) is 23.8 Å². The molecule has 0 radical (unpaired) electrons. The fraction of sp³-hybridized carbons (Fsp3) is 0.333. The minimum atomic E-state index is -1.51. The summed E-state index contributed by atoms with van der Waals surface area (Å²) in [5, 5.41) is 19.1. The van der Waals surface area contributed by atoms with Gasteiger partial charge in [0.1, 0.15) is 11.5 Å². The van der Waals surface area contributed by atoms with Crippen LogP contribution in [0.3, 0.4) is 0 Å². The first-order chi connectivity index (χ1) is 5.97. The molecule has 0 aliphatic heterocycles. The number of phenols is 1.